The lowest BCUT2D eigenvalue weighted by molar-refractivity contribution is -0.141. The highest BCUT2D eigenvalue weighted by Crippen LogP contribution is 2.11. The first kappa shape index (κ1) is 44.0. The second-order valence-electron chi connectivity index (χ2n) is 12.0. The van der Waals surface area contributed by atoms with Crippen molar-refractivity contribution in [3.63, 3.8) is 0 Å². The summed E-state index contributed by atoms with van der Waals surface area (Å²) in [6, 6.07) is 0. The molecule has 0 aromatic carbocycles. The molecule has 4 nitrogen and oxygen atoms in total. The van der Waals surface area contributed by atoms with Crippen LogP contribution in [-0.4, -0.2) is 23.7 Å². The van der Waals surface area contributed by atoms with Gasteiger partial charge in [-0.3, -0.25) is 9.59 Å². The number of carbonyl (C=O) groups is 2. The number of carbonyl (C=O) groups excluding carboxylic acids is 1. The largest absolute Gasteiger partial charge is 0.481 e. The van der Waals surface area contributed by atoms with Crippen LogP contribution in [0, 0.1) is 0 Å². The molecule has 0 heterocycles. The summed E-state index contributed by atoms with van der Waals surface area (Å²) < 4.78 is 4.87. The predicted molar refractivity (Wildman–Crippen MR) is 192 cm³/mol. The smallest absolute Gasteiger partial charge is 0.303 e. The van der Waals surface area contributed by atoms with Crippen molar-refractivity contribution >= 4 is 11.9 Å². The van der Waals surface area contributed by atoms with Crippen LogP contribution in [-0.2, 0) is 14.3 Å². The van der Waals surface area contributed by atoms with Crippen LogP contribution < -0.4 is 0 Å². The van der Waals surface area contributed by atoms with Crippen LogP contribution in [0.15, 0.2) is 48.6 Å². The lowest BCUT2D eigenvalue weighted by atomic mass is 10.1. The molecule has 0 atom stereocenters. The van der Waals surface area contributed by atoms with Crippen LogP contribution in [0.3, 0.4) is 0 Å². The van der Waals surface area contributed by atoms with Crippen molar-refractivity contribution in [2.24, 2.45) is 0 Å². The molecule has 0 aliphatic rings. The van der Waals surface area contributed by atoms with Gasteiger partial charge < -0.3 is 9.84 Å². The van der Waals surface area contributed by atoms with E-state index in [4.69, 9.17) is 9.84 Å². The fourth-order valence-corrected chi connectivity index (χ4v) is 4.69. The molecular weight excluding hydrogens is 544 g/mol. The molecule has 1 N–H and O–H groups in total. The van der Waals surface area contributed by atoms with Crippen LogP contribution in [0.4, 0.5) is 0 Å². The molecule has 0 aliphatic heterocycles. The highest BCUT2D eigenvalue weighted by molar-refractivity contribution is 5.66. The summed E-state index contributed by atoms with van der Waals surface area (Å²) in [6.07, 6.45) is 49.5. The van der Waals surface area contributed by atoms with E-state index in [1.54, 1.807) is 0 Å². The summed E-state index contributed by atoms with van der Waals surface area (Å²) >= 11 is 0. The Bertz CT molecular complexity index is 644. The molecule has 0 saturated heterocycles. The van der Waals surface area contributed by atoms with E-state index in [9.17, 15) is 9.59 Å². The van der Waals surface area contributed by atoms with E-state index >= 15 is 0 Å². The van der Waals surface area contributed by atoms with Gasteiger partial charge in [-0.1, -0.05) is 140 Å². The SMILES string of the molecule is CCCC/C=C\CCCCCCCC/C=C\CCCC(=O)O.CCCCC=CCCCCCCCCC=CCCOC(C)=O. The number of carboxylic acid groups (broad SMARTS) is 1. The fourth-order valence-electron chi connectivity index (χ4n) is 4.69. The molecule has 0 amide bonds. The van der Waals surface area contributed by atoms with E-state index < -0.39 is 5.97 Å². The van der Waals surface area contributed by atoms with Gasteiger partial charge in [0.1, 0.15) is 0 Å². The molecule has 0 radical (unpaired) electrons. The Kier molecular flexibility index (Phi) is 40.9. The first-order valence-electron chi connectivity index (χ1n) is 18.5. The molecule has 4 heteroatoms. The monoisotopic (exact) mass is 617 g/mol. The van der Waals surface area contributed by atoms with Crippen molar-refractivity contribution in [2.75, 3.05) is 6.61 Å². The number of esters is 1. The minimum atomic E-state index is -0.690. The zero-order valence-electron chi connectivity index (χ0n) is 29.4. The minimum Gasteiger partial charge on any atom is -0.481 e. The predicted octanol–water partition coefficient (Wildman–Crippen LogP) is 13.0. The molecule has 0 saturated carbocycles. The first-order valence-corrected chi connectivity index (χ1v) is 18.5. The van der Waals surface area contributed by atoms with E-state index in [1.807, 2.05) is 0 Å². The van der Waals surface area contributed by atoms with Gasteiger partial charge in [-0.05, 0) is 83.5 Å². The van der Waals surface area contributed by atoms with Gasteiger partial charge in [0.05, 0.1) is 6.61 Å². The van der Waals surface area contributed by atoms with E-state index in [2.05, 4.69) is 62.5 Å². The third-order valence-electron chi connectivity index (χ3n) is 7.45. The van der Waals surface area contributed by atoms with Crippen molar-refractivity contribution in [1.82, 2.24) is 0 Å². The zero-order valence-corrected chi connectivity index (χ0v) is 29.4. The van der Waals surface area contributed by atoms with Crippen molar-refractivity contribution in [2.45, 2.75) is 188 Å². The number of hydrogen-bond acceptors (Lipinski definition) is 3. The summed E-state index contributed by atoms with van der Waals surface area (Å²) in [5.74, 6) is -0.880. The van der Waals surface area contributed by atoms with Gasteiger partial charge in [0.25, 0.3) is 0 Å². The van der Waals surface area contributed by atoms with Gasteiger partial charge in [0.2, 0.25) is 0 Å². The fraction of sp³-hybridized carbons (Fsp3) is 0.750. The lowest BCUT2D eigenvalue weighted by Crippen LogP contribution is -1.98. The Balaban J connectivity index is 0. The maximum Gasteiger partial charge on any atom is 0.303 e. The molecule has 0 aliphatic carbocycles. The topological polar surface area (TPSA) is 63.6 Å². The highest BCUT2D eigenvalue weighted by atomic mass is 16.5. The van der Waals surface area contributed by atoms with Crippen molar-refractivity contribution in [3.8, 4) is 0 Å². The normalized spacial score (nSPS) is 11.6. The minimum absolute atomic E-state index is 0.190. The second-order valence-corrected chi connectivity index (χ2v) is 12.0. The average Bonchev–Trinajstić information content (AvgIpc) is 3.00. The molecular formula is C40H72O4. The van der Waals surface area contributed by atoms with Gasteiger partial charge in [-0.25, -0.2) is 0 Å². The molecule has 256 valence electrons. The van der Waals surface area contributed by atoms with Gasteiger partial charge in [-0.2, -0.15) is 0 Å². The van der Waals surface area contributed by atoms with Crippen LogP contribution >= 0.6 is 0 Å². The van der Waals surface area contributed by atoms with Gasteiger partial charge >= 0.3 is 11.9 Å². The summed E-state index contributed by atoms with van der Waals surface area (Å²) in [6.45, 7) is 6.45. The quantitative estimate of drug-likeness (QED) is 0.0478. The Morgan fingerprint density at radius 3 is 1.07 bits per heavy atom. The molecule has 44 heavy (non-hydrogen) atoms. The van der Waals surface area contributed by atoms with E-state index in [-0.39, 0.29) is 12.4 Å². The molecule has 0 unspecified atom stereocenters. The Morgan fingerprint density at radius 2 is 0.750 bits per heavy atom. The lowest BCUT2D eigenvalue weighted by Gasteiger charge is -2.00. The number of unbranched alkanes of at least 4 members (excludes halogenated alkanes) is 19. The Morgan fingerprint density at radius 1 is 0.455 bits per heavy atom. The van der Waals surface area contributed by atoms with Gasteiger partial charge in [-0.15, -0.1) is 0 Å². The molecule has 0 fully saturated rings. The summed E-state index contributed by atoms with van der Waals surface area (Å²) in [5, 5.41) is 8.51. The Hall–Kier alpha value is -2.10. The number of aliphatic carboxylic acids is 1. The van der Waals surface area contributed by atoms with Gasteiger partial charge in [0.15, 0.2) is 0 Å². The number of rotatable bonds is 31. The molecule has 0 aromatic heterocycles. The molecule has 0 rings (SSSR count). The summed E-state index contributed by atoms with van der Waals surface area (Å²) in [7, 11) is 0. The molecule has 0 aromatic rings. The van der Waals surface area contributed by atoms with Crippen LogP contribution in [0.25, 0.3) is 0 Å². The second kappa shape index (κ2) is 40.9. The molecule has 0 bridgehead atoms. The van der Waals surface area contributed by atoms with E-state index in [0.29, 0.717) is 6.61 Å². The third-order valence-corrected chi connectivity index (χ3v) is 7.45. The van der Waals surface area contributed by atoms with Crippen molar-refractivity contribution < 1.29 is 19.4 Å². The summed E-state index contributed by atoms with van der Waals surface area (Å²) in [5.41, 5.74) is 0. The maximum absolute atomic E-state index is 10.6. The number of carboxylic acids is 1. The van der Waals surface area contributed by atoms with Crippen molar-refractivity contribution in [3.05, 3.63) is 48.6 Å². The van der Waals surface area contributed by atoms with Crippen LogP contribution in [0.2, 0.25) is 0 Å². The van der Waals surface area contributed by atoms with Crippen LogP contribution in [0.1, 0.15) is 188 Å². The average molecular weight is 617 g/mol. The first-order chi connectivity index (χ1) is 21.5. The number of allylic oxidation sites excluding steroid dienone is 7. The highest BCUT2D eigenvalue weighted by Gasteiger charge is 1.94. The van der Waals surface area contributed by atoms with E-state index in [1.165, 1.54) is 135 Å². The number of ether oxygens (including phenoxy) is 1. The third kappa shape index (κ3) is 46.8. The maximum atomic E-state index is 10.6. The number of hydrogen-bond donors (Lipinski definition) is 1. The van der Waals surface area contributed by atoms with Crippen molar-refractivity contribution in [1.29, 1.82) is 0 Å². The van der Waals surface area contributed by atoms with Crippen LogP contribution in [0.5, 0.6) is 0 Å². The Labute approximate surface area is 273 Å². The summed E-state index contributed by atoms with van der Waals surface area (Å²) in [4.78, 5) is 20.9. The van der Waals surface area contributed by atoms with Gasteiger partial charge in [0, 0.05) is 13.3 Å². The standard InChI is InChI=1S/2C20H36O2/c1-3-4-5-6-7-8-9-10-11-12-13-14-15-16-17-18-19-22-20(2)21;1-2-3-4-5-6-7-8-9-10-11-12-13-14-15-16-17-18-19-20(21)22/h6-7,16-17H,3-5,8-15,18-19H2,1-2H3;5-6,15-16H,2-4,7-14,17-19H2,1H3,(H,21,22)/b;6-5-,16-15-. The van der Waals surface area contributed by atoms with E-state index in [0.717, 1.165) is 32.1 Å². The molecule has 0 spiro atoms. The zero-order chi connectivity index (χ0) is 32.6.